The number of ether oxygens (including phenoxy) is 2. The average molecular weight is 501 g/mol. The highest BCUT2D eigenvalue weighted by atomic mass is 127. The van der Waals surface area contributed by atoms with Crippen molar-refractivity contribution in [2.75, 3.05) is 40.5 Å². The van der Waals surface area contributed by atoms with E-state index in [1.807, 2.05) is 7.05 Å². The van der Waals surface area contributed by atoms with Crippen molar-refractivity contribution in [1.82, 2.24) is 10.6 Å². The van der Waals surface area contributed by atoms with E-state index in [0.29, 0.717) is 11.3 Å². The van der Waals surface area contributed by atoms with Crippen molar-refractivity contribution in [3.05, 3.63) is 35.9 Å². The minimum Gasteiger partial charge on any atom is -0.385 e. The van der Waals surface area contributed by atoms with Gasteiger partial charge in [-0.2, -0.15) is 0 Å². The van der Waals surface area contributed by atoms with Gasteiger partial charge in [0.15, 0.2) is 5.96 Å². The van der Waals surface area contributed by atoms with Gasteiger partial charge in [-0.15, -0.1) is 24.0 Å². The maximum absolute atomic E-state index is 6.00. The van der Waals surface area contributed by atoms with Crippen molar-refractivity contribution < 1.29 is 9.47 Å². The fraction of sp³-hybridized carbons (Fsp3) is 0.682. The van der Waals surface area contributed by atoms with Crippen LogP contribution in [0.25, 0.3) is 0 Å². The molecule has 0 spiro atoms. The Morgan fingerprint density at radius 2 is 1.96 bits per heavy atom. The Balaban J connectivity index is 0.00000280. The molecule has 2 atom stereocenters. The second-order valence-corrected chi connectivity index (χ2v) is 8.01. The highest BCUT2D eigenvalue weighted by molar-refractivity contribution is 14.0. The van der Waals surface area contributed by atoms with Crippen LogP contribution in [-0.2, 0) is 9.47 Å². The standard InChI is InChI=1S/C22H35N3O2.HI/c1-23-21(25-17-22(13-15-26-2)11-6-7-12-22)24-16-19-10-14-27-20(19)18-8-4-3-5-9-18;/h3-5,8-9,19-20H,6-7,10-17H2,1-2H3,(H2,23,24,25);1H. The first-order valence-corrected chi connectivity index (χ1v) is 10.4. The third-order valence-corrected chi connectivity index (χ3v) is 6.23. The van der Waals surface area contributed by atoms with Crippen molar-refractivity contribution in [3.8, 4) is 0 Å². The van der Waals surface area contributed by atoms with Gasteiger partial charge in [0.1, 0.15) is 0 Å². The quantitative estimate of drug-likeness (QED) is 0.320. The summed E-state index contributed by atoms with van der Waals surface area (Å²) in [4.78, 5) is 4.44. The van der Waals surface area contributed by atoms with Gasteiger partial charge in [0.05, 0.1) is 6.10 Å². The van der Waals surface area contributed by atoms with E-state index in [2.05, 4.69) is 46.0 Å². The first-order valence-electron chi connectivity index (χ1n) is 10.4. The van der Waals surface area contributed by atoms with E-state index in [0.717, 1.165) is 45.1 Å². The van der Waals surface area contributed by atoms with Crippen molar-refractivity contribution in [3.63, 3.8) is 0 Å². The molecule has 0 radical (unpaired) electrons. The Morgan fingerprint density at radius 3 is 2.64 bits per heavy atom. The van der Waals surface area contributed by atoms with E-state index >= 15 is 0 Å². The molecule has 0 bridgehead atoms. The predicted molar refractivity (Wildman–Crippen MR) is 125 cm³/mol. The summed E-state index contributed by atoms with van der Waals surface area (Å²) in [5.74, 6) is 1.37. The van der Waals surface area contributed by atoms with Gasteiger partial charge in [0.2, 0.25) is 0 Å². The van der Waals surface area contributed by atoms with Crippen LogP contribution in [0.15, 0.2) is 35.3 Å². The Hall–Kier alpha value is -0.860. The molecule has 1 aromatic carbocycles. The number of nitrogens with zero attached hydrogens (tertiary/aromatic N) is 1. The number of rotatable bonds is 8. The smallest absolute Gasteiger partial charge is 0.191 e. The van der Waals surface area contributed by atoms with E-state index in [-0.39, 0.29) is 30.1 Å². The lowest BCUT2D eigenvalue weighted by Gasteiger charge is -2.30. The van der Waals surface area contributed by atoms with Crippen LogP contribution in [0.3, 0.4) is 0 Å². The van der Waals surface area contributed by atoms with E-state index in [9.17, 15) is 0 Å². The summed E-state index contributed by atoms with van der Waals surface area (Å²) in [7, 11) is 3.65. The van der Waals surface area contributed by atoms with Crippen LogP contribution in [0, 0.1) is 11.3 Å². The molecule has 5 nitrogen and oxygen atoms in total. The maximum Gasteiger partial charge on any atom is 0.191 e. The number of nitrogens with one attached hydrogen (secondary N) is 2. The molecule has 1 aliphatic heterocycles. The minimum atomic E-state index is 0. The average Bonchev–Trinajstić information content (AvgIpc) is 3.37. The van der Waals surface area contributed by atoms with Gasteiger partial charge < -0.3 is 20.1 Å². The number of benzene rings is 1. The number of halogens is 1. The third-order valence-electron chi connectivity index (χ3n) is 6.23. The molecule has 2 N–H and O–H groups in total. The van der Waals surface area contributed by atoms with Crippen LogP contribution in [0.5, 0.6) is 0 Å². The Morgan fingerprint density at radius 1 is 1.21 bits per heavy atom. The molecule has 1 saturated heterocycles. The molecule has 1 saturated carbocycles. The van der Waals surface area contributed by atoms with Crippen LogP contribution in [0.2, 0.25) is 0 Å². The highest BCUT2D eigenvalue weighted by Gasteiger charge is 2.34. The number of hydrogen-bond acceptors (Lipinski definition) is 3. The largest absolute Gasteiger partial charge is 0.385 e. The number of aliphatic imine (C=N–C) groups is 1. The lowest BCUT2D eigenvalue weighted by Crippen LogP contribution is -2.44. The van der Waals surface area contributed by atoms with E-state index < -0.39 is 0 Å². The van der Waals surface area contributed by atoms with Gasteiger partial charge in [-0.1, -0.05) is 43.2 Å². The molecule has 1 aromatic rings. The van der Waals surface area contributed by atoms with Crippen LogP contribution >= 0.6 is 24.0 Å². The third kappa shape index (κ3) is 6.32. The first kappa shape index (κ1) is 23.4. The van der Waals surface area contributed by atoms with Crippen molar-refractivity contribution in [2.45, 2.75) is 44.6 Å². The molecule has 1 aliphatic carbocycles. The SMILES string of the molecule is CN=C(NCC1CCOC1c1ccccc1)NCC1(CCOC)CCCC1.I. The molecule has 2 fully saturated rings. The Kier molecular flexibility index (Phi) is 10.0. The van der Waals surface area contributed by atoms with Crippen molar-refractivity contribution in [1.29, 1.82) is 0 Å². The van der Waals surface area contributed by atoms with Gasteiger partial charge in [-0.25, -0.2) is 0 Å². The highest BCUT2D eigenvalue weighted by Crippen LogP contribution is 2.40. The van der Waals surface area contributed by atoms with Gasteiger partial charge in [0.25, 0.3) is 0 Å². The van der Waals surface area contributed by atoms with Crippen LogP contribution < -0.4 is 10.6 Å². The first-order chi connectivity index (χ1) is 13.3. The van der Waals surface area contributed by atoms with Crippen molar-refractivity contribution >= 4 is 29.9 Å². The molecule has 6 heteroatoms. The summed E-state index contributed by atoms with van der Waals surface area (Å²) in [6, 6.07) is 10.6. The zero-order valence-corrected chi connectivity index (χ0v) is 19.6. The summed E-state index contributed by atoms with van der Waals surface area (Å²) in [6.07, 6.45) is 7.62. The topological polar surface area (TPSA) is 54.9 Å². The van der Waals surface area contributed by atoms with E-state index in [4.69, 9.17) is 9.47 Å². The molecule has 0 amide bonds. The summed E-state index contributed by atoms with van der Waals surface area (Å²) in [5, 5.41) is 7.12. The van der Waals surface area contributed by atoms with Gasteiger partial charge in [0, 0.05) is 46.4 Å². The second-order valence-electron chi connectivity index (χ2n) is 8.01. The number of hydrogen-bond donors (Lipinski definition) is 2. The lowest BCUT2D eigenvalue weighted by molar-refractivity contribution is 0.0914. The van der Waals surface area contributed by atoms with Crippen LogP contribution in [0.1, 0.15) is 50.2 Å². The molecule has 0 aromatic heterocycles. The van der Waals surface area contributed by atoms with Crippen LogP contribution in [-0.4, -0.2) is 46.4 Å². The zero-order chi connectivity index (χ0) is 19.0. The molecule has 28 heavy (non-hydrogen) atoms. The normalized spacial score (nSPS) is 24.0. The van der Waals surface area contributed by atoms with Crippen molar-refractivity contribution in [2.24, 2.45) is 16.3 Å². The number of guanidine groups is 1. The fourth-order valence-electron chi connectivity index (χ4n) is 4.53. The van der Waals surface area contributed by atoms with E-state index in [1.54, 1.807) is 7.11 Å². The number of methoxy groups -OCH3 is 1. The summed E-state index contributed by atoms with van der Waals surface area (Å²) in [6.45, 7) is 3.52. The molecular weight excluding hydrogens is 465 g/mol. The van der Waals surface area contributed by atoms with Gasteiger partial charge in [-0.3, -0.25) is 4.99 Å². The molecular formula is C22H36IN3O2. The van der Waals surface area contributed by atoms with E-state index in [1.165, 1.54) is 31.2 Å². The molecule has 2 aliphatic rings. The summed E-state index contributed by atoms with van der Waals surface area (Å²) < 4.78 is 11.3. The van der Waals surface area contributed by atoms with Gasteiger partial charge >= 0.3 is 0 Å². The maximum atomic E-state index is 6.00. The fourth-order valence-corrected chi connectivity index (χ4v) is 4.53. The minimum absolute atomic E-state index is 0. The molecule has 158 valence electrons. The Bertz CT molecular complexity index is 591. The molecule has 3 rings (SSSR count). The van der Waals surface area contributed by atoms with Crippen LogP contribution in [0.4, 0.5) is 0 Å². The lowest BCUT2D eigenvalue weighted by atomic mass is 9.83. The summed E-state index contributed by atoms with van der Waals surface area (Å²) in [5.41, 5.74) is 1.63. The molecule has 2 unspecified atom stereocenters. The molecule has 1 heterocycles. The monoisotopic (exact) mass is 501 g/mol. The second kappa shape index (κ2) is 12.0. The zero-order valence-electron chi connectivity index (χ0n) is 17.3. The predicted octanol–water partition coefficient (Wildman–Crippen LogP) is 4.14. The van der Waals surface area contributed by atoms with Gasteiger partial charge in [-0.05, 0) is 36.7 Å². The Labute approximate surface area is 187 Å². The summed E-state index contributed by atoms with van der Waals surface area (Å²) >= 11 is 0.